The fourth-order valence-electron chi connectivity index (χ4n) is 5.77. The SMILES string of the molecule is C=NC(=NC(=C)/C(=C\C=C(/C)c1ccc(O)c(CNCCC2CCCN2C)c1)CN1CCOCC1)N1CCO[C@@H](C)C1.CC. The van der Waals surface area contributed by atoms with Crippen molar-refractivity contribution >= 4 is 18.3 Å². The van der Waals surface area contributed by atoms with Crippen LogP contribution in [0.15, 0.2) is 58.2 Å². The fraction of sp³-hybridized carbons (Fsp3) is 0.600. The topological polar surface area (TPSA) is 85.2 Å². The summed E-state index contributed by atoms with van der Waals surface area (Å²) in [5.41, 5.74) is 4.79. The number of guanidine groups is 1. The average molecular weight is 609 g/mol. The second kappa shape index (κ2) is 18.9. The minimum Gasteiger partial charge on any atom is -0.508 e. The summed E-state index contributed by atoms with van der Waals surface area (Å²) >= 11 is 0. The van der Waals surface area contributed by atoms with Crippen LogP contribution in [0.4, 0.5) is 0 Å². The molecular formula is C35H56N6O3. The molecule has 0 aromatic heterocycles. The minimum atomic E-state index is 0.118. The number of nitrogens with one attached hydrogen (secondary N) is 1. The Hall–Kier alpha value is -2.82. The number of aliphatic imine (C=N–C) groups is 2. The highest BCUT2D eigenvalue weighted by molar-refractivity contribution is 5.85. The first-order valence-corrected chi connectivity index (χ1v) is 16.4. The Kier molecular flexibility index (Phi) is 15.3. The number of phenolic OH excluding ortho intramolecular Hbond substituents is 1. The highest BCUT2D eigenvalue weighted by Gasteiger charge is 2.21. The van der Waals surface area contributed by atoms with Gasteiger partial charge in [-0.15, -0.1) is 0 Å². The third-order valence-electron chi connectivity index (χ3n) is 8.48. The predicted molar refractivity (Wildman–Crippen MR) is 184 cm³/mol. The highest BCUT2D eigenvalue weighted by Crippen LogP contribution is 2.24. The van der Waals surface area contributed by atoms with Crippen LogP contribution in [-0.2, 0) is 16.0 Å². The van der Waals surface area contributed by atoms with Crippen molar-refractivity contribution < 1.29 is 14.6 Å². The molecule has 1 unspecified atom stereocenters. The first-order valence-electron chi connectivity index (χ1n) is 16.4. The van der Waals surface area contributed by atoms with E-state index >= 15 is 0 Å². The number of nitrogens with zero attached hydrogens (tertiary/aromatic N) is 5. The molecule has 0 spiro atoms. The molecule has 3 fully saturated rings. The molecule has 3 aliphatic heterocycles. The van der Waals surface area contributed by atoms with Gasteiger partial charge in [0.25, 0.3) is 0 Å². The summed E-state index contributed by atoms with van der Waals surface area (Å²) in [4.78, 5) is 16.0. The normalized spacial score (nSPS) is 22.5. The lowest BCUT2D eigenvalue weighted by Crippen LogP contribution is -2.44. The van der Waals surface area contributed by atoms with E-state index in [2.05, 4.69) is 77.4 Å². The van der Waals surface area contributed by atoms with E-state index < -0.39 is 0 Å². The monoisotopic (exact) mass is 608 g/mol. The van der Waals surface area contributed by atoms with Crippen LogP contribution in [0, 0.1) is 0 Å². The summed E-state index contributed by atoms with van der Waals surface area (Å²) < 4.78 is 11.3. The molecule has 3 saturated heterocycles. The quantitative estimate of drug-likeness (QED) is 0.159. The number of hydrogen-bond acceptors (Lipinski definition) is 7. The summed E-state index contributed by atoms with van der Waals surface area (Å²) in [5, 5.41) is 14.1. The van der Waals surface area contributed by atoms with Crippen molar-refractivity contribution in [2.75, 3.05) is 72.7 Å². The van der Waals surface area contributed by atoms with Crippen LogP contribution in [-0.4, -0.2) is 117 Å². The van der Waals surface area contributed by atoms with Gasteiger partial charge in [-0.2, -0.15) is 0 Å². The van der Waals surface area contributed by atoms with E-state index in [4.69, 9.17) is 14.5 Å². The number of hydrogen-bond donors (Lipinski definition) is 2. The van der Waals surface area contributed by atoms with Crippen molar-refractivity contribution in [2.24, 2.45) is 9.98 Å². The lowest BCUT2D eigenvalue weighted by Gasteiger charge is -2.32. The number of allylic oxidation sites excluding steroid dienone is 3. The summed E-state index contributed by atoms with van der Waals surface area (Å²) in [6.45, 7) is 25.1. The van der Waals surface area contributed by atoms with Crippen LogP contribution in [0.2, 0.25) is 0 Å². The molecule has 2 atom stereocenters. The van der Waals surface area contributed by atoms with Gasteiger partial charge in [0.1, 0.15) is 5.75 Å². The van der Waals surface area contributed by atoms with Gasteiger partial charge in [0.05, 0.1) is 31.6 Å². The molecule has 2 N–H and O–H groups in total. The standard InChI is InChI=1S/C33H50N6O3.C2H6/c1-25(28-10-11-32(40)30(21-28)22-35-13-12-31-7-6-14-37(31)5)8-9-29(24-38-15-18-41-19-16-38)27(3)36-33(34-4)39-17-20-42-26(2)23-39;1-2/h8-11,21,26,31,35,40H,3-4,6-7,12-20,22-24H2,1-2,5H3;1-2H3/b25-8+,29-9-,36-33?;/t26-,31?;/m0./s1. The molecule has 0 radical (unpaired) electrons. The molecule has 1 aromatic carbocycles. The van der Waals surface area contributed by atoms with Gasteiger partial charge in [0, 0.05) is 50.9 Å². The molecule has 3 heterocycles. The Morgan fingerprint density at radius 1 is 1.14 bits per heavy atom. The van der Waals surface area contributed by atoms with Crippen LogP contribution in [0.5, 0.6) is 5.75 Å². The molecule has 9 heteroatoms. The van der Waals surface area contributed by atoms with Gasteiger partial charge in [0.15, 0.2) is 0 Å². The average Bonchev–Trinajstić information content (AvgIpc) is 3.46. The molecule has 1 aromatic rings. The number of morpholine rings is 2. The van der Waals surface area contributed by atoms with Crippen LogP contribution in [0.1, 0.15) is 58.1 Å². The summed E-state index contributed by atoms with van der Waals surface area (Å²) in [6, 6.07) is 6.51. The molecule has 0 saturated carbocycles. The third kappa shape index (κ3) is 11.0. The van der Waals surface area contributed by atoms with Crippen molar-refractivity contribution in [3.63, 3.8) is 0 Å². The van der Waals surface area contributed by atoms with E-state index in [1.54, 1.807) is 6.07 Å². The van der Waals surface area contributed by atoms with Gasteiger partial charge >= 0.3 is 0 Å². The van der Waals surface area contributed by atoms with E-state index in [1.807, 2.05) is 19.9 Å². The zero-order chi connectivity index (χ0) is 31.9. The van der Waals surface area contributed by atoms with Crippen LogP contribution >= 0.6 is 0 Å². The fourth-order valence-corrected chi connectivity index (χ4v) is 5.77. The number of rotatable bonds is 11. The van der Waals surface area contributed by atoms with E-state index in [0.717, 1.165) is 81.2 Å². The van der Waals surface area contributed by atoms with Gasteiger partial charge in [-0.25, -0.2) is 9.98 Å². The van der Waals surface area contributed by atoms with Gasteiger partial charge in [-0.3, -0.25) is 4.90 Å². The number of ether oxygens (including phenoxy) is 2. The smallest absolute Gasteiger partial charge is 0.225 e. The molecule has 0 amide bonds. The molecular weight excluding hydrogens is 552 g/mol. The molecule has 44 heavy (non-hydrogen) atoms. The predicted octanol–water partition coefficient (Wildman–Crippen LogP) is 4.95. The lowest BCUT2D eigenvalue weighted by molar-refractivity contribution is 0.00543. The summed E-state index contributed by atoms with van der Waals surface area (Å²) in [5.74, 6) is 0.907. The minimum absolute atomic E-state index is 0.118. The van der Waals surface area contributed by atoms with Crippen LogP contribution < -0.4 is 5.32 Å². The Morgan fingerprint density at radius 2 is 1.91 bits per heavy atom. The maximum Gasteiger partial charge on any atom is 0.225 e. The van der Waals surface area contributed by atoms with Crippen molar-refractivity contribution in [2.45, 2.75) is 65.6 Å². The maximum atomic E-state index is 10.5. The molecule has 0 bridgehead atoms. The molecule has 0 aliphatic carbocycles. The second-order valence-electron chi connectivity index (χ2n) is 11.7. The Morgan fingerprint density at radius 3 is 2.59 bits per heavy atom. The van der Waals surface area contributed by atoms with Gasteiger partial charge in [-0.05, 0) is 88.8 Å². The molecule has 4 rings (SSSR count). The zero-order valence-electron chi connectivity index (χ0n) is 27.9. The third-order valence-corrected chi connectivity index (χ3v) is 8.48. The van der Waals surface area contributed by atoms with E-state index in [-0.39, 0.29) is 6.10 Å². The first kappa shape index (κ1) is 35.7. The molecule has 3 aliphatic rings. The Balaban J connectivity index is 0.00000259. The van der Waals surface area contributed by atoms with Crippen molar-refractivity contribution in [1.82, 2.24) is 20.0 Å². The number of likely N-dealkylation sites (tertiary alicyclic amines) is 1. The van der Waals surface area contributed by atoms with Crippen molar-refractivity contribution in [3.05, 3.63) is 59.3 Å². The van der Waals surface area contributed by atoms with Crippen LogP contribution in [0.25, 0.3) is 5.57 Å². The van der Waals surface area contributed by atoms with Crippen molar-refractivity contribution in [1.29, 1.82) is 0 Å². The number of aromatic hydroxyl groups is 1. The maximum absolute atomic E-state index is 10.5. The number of benzene rings is 1. The summed E-state index contributed by atoms with van der Waals surface area (Å²) in [7, 11) is 2.21. The second-order valence-corrected chi connectivity index (χ2v) is 11.7. The van der Waals surface area contributed by atoms with Crippen LogP contribution in [0.3, 0.4) is 0 Å². The van der Waals surface area contributed by atoms with E-state index in [0.29, 0.717) is 36.6 Å². The first-order chi connectivity index (χ1) is 21.3. The van der Waals surface area contributed by atoms with E-state index in [1.165, 1.54) is 19.4 Å². The van der Waals surface area contributed by atoms with Gasteiger partial charge in [0.2, 0.25) is 5.96 Å². The van der Waals surface area contributed by atoms with E-state index in [9.17, 15) is 5.11 Å². The Bertz CT molecular complexity index is 1160. The Labute approximate surface area is 266 Å². The van der Waals surface area contributed by atoms with Gasteiger partial charge in [-0.1, -0.05) is 38.6 Å². The zero-order valence-corrected chi connectivity index (χ0v) is 27.9. The lowest BCUT2D eigenvalue weighted by atomic mass is 10.0. The van der Waals surface area contributed by atoms with Crippen molar-refractivity contribution in [3.8, 4) is 5.75 Å². The number of phenols is 1. The largest absolute Gasteiger partial charge is 0.508 e. The molecule has 9 nitrogen and oxygen atoms in total. The molecule has 244 valence electrons. The van der Waals surface area contributed by atoms with Gasteiger partial charge < -0.3 is 29.7 Å². The highest BCUT2D eigenvalue weighted by atomic mass is 16.5. The summed E-state index contributed by atoms with van der Waals surface area (Å²) in [6.07, 6.45) is 8.05.